The van der Waals surface area contributed by atoms with E-state index in [1.54, 1.807) is 0 Å². The quantitative estimate of drug-likeness (QED) is 0.436. The Kier molecular flexibility index (Phi) is 16.5. The molecule has 0 aromatic rings. The number of carboxylic acid groups (broad SMARTS) is 2. The van der Waals surface area contributed by atoms with Crippen molar-refractivity contribution < 1.29 is 39.5 Å². The molecule has 0 heterocycles. The summed E-state index contributed by atoms with van der Waals surface area (Å²) in [5, 5.41) is 30.8. The van der Waals surface area contributed by atoms with Crippen LogP contribution in [0.2, 0.25) is 0 Å². The van der Waals surface area contributed by atoms with Gasteiger partial charge in [0.15, 0.2) is 0 Å². The van der Waals surface area contributed by atoms with Crippen molar-refractivity contribution in [1.29, 1.82) is 0 Å². The van der Waals surface area contributed by atoms with Crippen molar-refractivity contribution in [1.82, 2.24) is 0 Å². The van der Waals surface area contributed by atoms with Crippen LogP contribution in [0.3, 0.4) is 0 Å². The first-order chi connectivity index (χ1) is 7.18. The fourth-order valence-electron chi connectivity index (χ4n) is 0.171. The van der Waals surface area contributed by atoms with Gasteiger partial charge in [-0.2, -0.15) is 0 Å². The third-order valence-electron chi connectivity index (χ3n) is 0.678. The van der Waals surface area contributed by atoms with Gasteiger partial charge in [0.1, 0.15) is 12.7 Å². The molecule has 0 spiro atoms. The van der Waals surface area contributed by atoms with Crippen molar-refractivity contribution in [2.75, 3.05) is 13.7 Å². The number of aliphatic hydroxyl groups is 2. The van der Waals surface area contributed by atoms with E-state index in [0.29, 0.717) is 0 Å². The highest BCUT2D eigenvalue weighted by Gasteiger charge is 2.05. The Bertz CT molecular complexity index is 206. The molecule has 0 amide bonds. The second kappa shape index (κ2) is 13.3. The van der Waals surface area contributed by atoms with Crippen LogP contribution in [0.15, 0.2) is 0 Å². The molecule has 96 valence electrons. The molecule has 1 atom stereocenters. The van der Waals surface area contributed by atoms with Crippen molar-refractivity contribution in [2.45, 2.75) is 20.0 Å². The Hall–Kier alpha value is -1.67. The maximum absolute atomic E-state index is 10.0. The molecular formula is C8H16O8. The molecule has 0 bridgehead atoms. The fraction of sp³-hybridized carbons (Fsp3) is 0.625. The maximum atomic E-state index is 10.0. The molecule has 0 aromatic heterocycles. The molecule has 16 heavy (non-hydrogen) atoms. The predicted octanol–water partition coefficient (Wildman–Crippen LogP) is -1.31. The van der Waals surface area contributed by atoms with Crippen LogP contribution >= 0.6 is 0 Å². The number of carbonyl (C=O) groups excluding carboxylic acids is 1. The summed E-state index contributed by atoms with van der Waals surface area (Å²) < 4.78 is 4.12. The summed E-state index contributed by atoms with van der Waals surface area (Å²) in [6.07, 6.45) is -0.995. The first kappa shape index (κ1) is 19.8. The Balaban J connectivity index is -0.000000166. The summed E-state index contributed by atoms with van der Waals surface area (Å²) in [5.41, 5.74) is 0. The zero-order chi connectivity index (χ0) is 13.7. The summed E-state index contributed by atoms with van der Waals surface area (Å²) >= 11 is 0. The maximum Gasteiger partial charge on any atom is 0.334 e. The van der Waals surface area contributed by atoms with E-state index in [1.165, 1.54) is 14.0 Å². The van der Waals surface area contributed by atoms with E-state index in [1.807, 2.05) is 0 Å². The first-order valence-electron chi connectivity index (χ1n) is 3.97. The van der Waals surface area contributed by atoms with E-state index >= 15 is 0 Å². The van der Waals surface area contributed by atoms with E-state index in [0.717, 1.165) is 6.92 Å². The van der Waals surface area contributed by atoms with Gasteiger partial charge in [-0.25, -0.2) is 9.59 Å². The van der Waals surface area contributed by atoms with Gasteiger partial charge in [-0.05, 0) is 6.92 Å². The Labute approximate surface area is 92.1 Å². The number of aliphatic hydroxyl groups excluding tert-OH is 2. The summed E-state index contributed by atoms with van der Waals surface area (Å²) in [6, 6.07) is 0. The lowest BCUT2D eigenvalue weighted by molar-refractivity contribution is -0.149. The lowest BCUT2D eigenvalue weighted by Gasteiger charge is -1.97. The number of aliphatic carboxylic acids is 2. The number of hydrogen-bond acceptors (Lipinski definition) is 6. The molecule has 0 saturated heterocycles. The van der Waals surface area contributed by atoms with Crippen LogP contribution in [0.4, 0.5) is 0 Å². The zero-order valence-corrected chi connectivity index (χ0v) is 9.21. The highest BCUT2D eigenvalue weighted by atomic mass is 16.5. The standard InChI is InChI=1S/C4H8O3.C2H4O3.C2H4O2/c1-3(5)4(6)7-2;3-1-2(4)5;1-2(3)4/h3,5H,1-2H3;3H,1H2,(H,4,5);1H3,(H,3,4). The van der Waals surface area contributed by atoms with Crippen molar-refractivity contribution in [2.24, 2.45) is 0 Å². The predicted molar refractivity (Wildman–Crippen MR) is 51.7 cm³/mol. The molecule has 0 aliphatic heterocycles. The third-order valence-corrected chi connectivity index (χ3v) is 0.678. The number of hydrogen-bond donors (Lipinski definition) is 4. The minimum atomic E-state index is -1.19. The summed E-state index contributed by atoms with van der Waals surface area (Å²) in [6.45, 7) is 1.66. The number of carbonyl (C=O) groups is 3. The van der Waals surface area contributed by atoms with Gasteiger partial charge in [-0.3, -0.25) is 4.79 Å². The zero-order valence-electron chi connectivity index (χ0n) is 9.21. The number of ether oxygens (including phenoxy) is 1. The SMILES string of the molecule is CC(=O)O.COC(=O)C(C)O.O=C(O)CO. The Morgan fingerprint density at radius 3 is 1.50 bits per heavy atom. The lowest BCUT2D eigenvalue weighted by Crippen LogP contribution is -2.16. The molecule has 4 N–H and O–H groups in total. The molecule has 0 radical (unpaired) electrons. The van der Waals surface area contributed by atoms with Crippen LogP contribution in [-0.2, 0) is 19.1 Å². The van der Waals surface area contributed by atoms with Gasteiger partial charge in [-0.15, -0.1) is 0 Å². The van der Waals surface area contributed by atoms with E-state index in [-0.39, 0.29) is 0 Å². The molecule has 0 aliphatic rings. The highest BCUT2D eigenvalue weighted by molar-refractivity contribution is 5.73. The molecule has 8 nitrogen and oxygen atoms in total. The van der Waals surface area contributed by atoms with E-state index in [2.05, 4.69) is 4.74 Å². The van der Waals surface area contributed by atoms with Crippen LogP contribution in [0.25, 0.3) is 0 Å². The molecule has 0 aliphatic carbocycles. The minimum absolute atomic E-state index is 0.597. The van der Waals surface area contributed by atoms with E-state index < -0.39 is 30.6 Å². The van der Waals surface area contributed by atoms with Gasteiger partial charge < -0.3 is 25.2 Å². The van der Waals surface area contributed by atoms with Crippen molar-refractivity contribution >= 4 is 17.9 Å². The first-order valence-corrected chi connectivity index (χ1v) is 3.97. The van der Waals surface area contributed by atoms with Crippen LogP contribution in [0, 0.1) is 0 Å². The Morgan fingerprint density at radius 1 is 1.25 bits per heavy atom. The highest BCUT2D eigenvalue weighted by Crippen LogP contribution is 1.80. The van der Waals surface area contributed by atoms with E-state index in [9.17, 15) is 4.79 Å². The number of rotatable bonds is 2. The number of methoxy groups -OCH3 is 1. The van der Waals surface area contributed by atoms with Gasteiger partial charge in [0.25, 0.3) is 5.97 Å². The van der Waals surface area contributed by atoms with Gasteiger partial charge >= 0.3 is 11.9 Å². The molecule has 0 saturated carbocycles. The normalized spacial score (nSPS) is 9.56. The summed E-state index contributed by atoms with van der Waals surface area (Å²) in [4.78, 5) is 28.2. The average Bonchev–Trinajstić information content (AvgIpc) is 2.16. The van der Waals surface area contributed by atoms with Gasteiger partial charge in [-0.1, -0.05) is 0 Å². The lowest BCUT2D eigenvalue weighted by atomic mass is 10.4. The van der Waals surface area contributed by atoms with E-state index in [4.69, 9.17) is 30.0 Å². The van der Waals surface area contributed by atoms with Gasteiger partial charge in [0, 0.05) is 6.92 Å². The van der Waals surface area contributed by atoms with Crippen molar-refractivity contribution in [3.05, 3.63) is 0 Å². The Morgan fingerprint density at radius 2 is 1.50 bits per heavy atom. The number of carboxylic acids is 2. The largest absolute Gasteiger partial charge is 0.481 e. The van der Waals surface area contributed by atoms with Crippen LogP contribution in [-0.4, -0.2) is 58.2 Å². The van der Waals surface area contributed by atoms with Crippen molar-refractivity contribution in [3.8, 4) is 0 Å². The van der Waals surface area contributed by atoms with Crippen LogP contribution in [0.1, 0.15) is 13.8 Å². The molecule has 1 unspecified atom stereocenters. The monoisotopic (exact) mass is 240 g/mol. The fourth-order valence-corrected chi connectivity index (χ4v) is 0.171. The average molecular weight is 240 g/mol. The smallest absolute Gasteiger partial charge is 0.334 e. The molecular weight excluding hydrogens is 224 g/mol. The van der Waals surface area contributed by atoms with Crippen LogP contribution in [0.5, 0.6) is 0 Å². The number of esters is 1. The second-order valence-corrected chi connectivity index (χ2v) is 2.27. The molecule has 8 heteroatoms. The topological polar surface area (TPSA) is 141 Å². The summed E-state index contributed by atoms with van der Waals surface area (Å²) in [5.74, 6) is -2.62. The van der Waals surface area contributed by atoms with Gasteiger partial charge in [0.05, 0.1) is 7.11 Å². The van der Waals surface area contributed by atoms with Crippen molar-refractivity contribution in [3.63, 3.8) is 0 Å². The molecule has 0 fully saturated rings. The van der Waals surface area contributed by atoms with Crippen LogP contribution < -0.4 is 0 Å². The second-order valence-electron chi connectivity index (χ2n) is 2.27. The molecule has 0 aromatic carbocycles. The summed E-state index contributed by atoms with van der Waals surface area (Å²) in [7, 11) is 1.23. The van der Waals surface area contributed by atoms with Gasteiger partial charge in [0.2, 0.25) is 0 Å². The molecule has 0 rings (SSSR count). The third kappa shape index (κ3) is 39.5. The minimum Gasteiger partial charge on any atom is -0.481 e.